The molecule has 1 saturated heterocycles. The SMILES string of the molecule is Cc1sc2nc(CN3CCOCC3)nc(NCCc3ccc(F)cc3)c2c1C. The topological polar surface area (TPSA) is 50.3 Å². The summed E-state index contributed by atoms with van der Waals surface area (Å²) < 4.78 is 18.5. The van der Waals surface area contributed by atoms with Crippen LogP contribution in [0.1, 0.15) is 21.8 Å². The van der Waals surface area contributed by atoms with Crippen molar-refractivity contribution in [3.05, 3.63) is 51.9 Å². The van der Waals surface area contributed by atoms with E-state index in [0.717, 1.165) is 73.2 Å². The molecule has 1 aromatic carbocycles. The Bertz CT molecular complexity index is 951. The maximum absolute atomic E-state index is 13.1. The molecule has 4 rings (SSSR count). The van der Waals surface area contributed by atoms with Crippen LogP contribution in [0, 0.1) is 19.7 Å². The summed E-state index contributed by atoms with van der Waals surface area (Å²) in [5, 5.41) is 4.62. The molecular formula is C21H25FN4OS. The van der Waals surface area contributed by atoms with Crippen molar-refractivity contribution in [2.24, 2.45) is 0 Å². The number of ether oxygens (including phenoxy) is 1. The molecule has 2 aromatic heterocycles. The number of morpholine rings is 1. The van der Waals surface area contributed by atoms with Crippen LogP contribution >= 0.6 is 11.3 Å². The molecule has 1 aliphatic heterocycles. The van der Waals surface area contributed by atoms with E-state index in [9.17, 15) is 4.39 Å². The highest BCUT2D eigenvalue weighted by Crippen LogP contribution is 2.33. The number of hydrogen-bond donors (Lipinski definition) is 1. The van der Waals surface area contributed by atoms with Crippen LogP contribution in [0.25, 0.3) is 10.2 Å². The van der Waals surface area contributed by atoms with Crippen LogP contribution in [0.5, 0.6) is 0 Å². The van der Waals surface area contributed by atoms with E-state index in [1.54, 1.807) is 11.3 Å². The van der Waals surface area contributed by atoms with Gasteiger partial charge in [-0.3, -0.25) is 4.90 Å². The van der Waals surface area contributed by atoms with Crippen LogP contribution in [-0.4, -0.2) is 47.7 Å². The zero-order valence-corrected chi connectivity index (χ0v) is 17.1. The highest BCUT2D eigenvalue weighted by molar-refractivity contribution is 7.18. The molecule has 28 heavy (non-hydrogen) atoms. The van der Waals surface area contributed by atoms with Gasteiger partial charge in [0, 0.05) is 24.5 Å². The van der Waals surface area contributed by atoms with Crippen molar-refractivity contribution in [2.75, 3.05) is 38.2 Å². The first-order valence-corrected chi connectivity index (χ1v) is 10.5. The summed E-state index contributed by atoms with van der Waals surface area (Å²) in [4.78, 5) is 14.3. The van der Waals surface area contributed by atoms with Crippen molar-refractivity contribution in [1.82, 2.24) is 14.9 Å². The molecule has 3 heterocycles. The van der Waals surface area contributed by atoms with E-state index in [1.165, 1.54) is 22.6 Å². The van der Waals surface area contributed by atoms with Crippen LogP contribution < -0.4 is 5.32 Å². The molecule has 0 radical (unpaired) electrons. The minimum atomic E-state index is -0.202. The van der Waals surface area contributed by atoms with E-state index in [2.05, 4.69) is 24.1 Å². The number of rotatable bonds is 6. The maximum atomic E-state index is 13.1. The first-order valence-electron chi connectivity index (χ1n) is 9.65. The van der Waals surface area contributed by atoms with Gasteiger partial charge in [-0.1, -0.05) is 12.1 Å². The molecule has 0 unspecified atom stereocenters. The Labute approximate surface area is 168 Å². The van der Waals surface area contributed by atoms with Crippen molar-refractivity contribution < 1.29 is 9.13 Å². The lowest BCUT2D eigenvalue weighted by atomic mass is 10.1. The smallest absolute Gasteiger partial charge is 0.146 e. The zero-order valence-electron chi connectivity index (χ0n) is 16.3. The van der Waals surface area contributed by atoms with Crippen molar-refractivity contribution >= 4 is 27.4 Å². The van der Waals surface area contributed by atoms with Gasteiger partial charge in [0.1, 0.15) is 22.3 Å². The van der Waals surface area contributed by atoms with Gasteiger partial charge in [0.2, 0.25) is 0 Å². The average Bonchev–Trinajstić information content (AvgIpc) is 2.98. The summed E-state index contributed by atoms with van der Waals surface area (Å²) in [5.74, 6) is 1.54. The summed E-state index contributed by atoms with van der Waals surface area (Å²) in [6.07, 6.45) is 0.812. The Hall–Kier alpha value is -2.09. The summed E-state index contributed by atoms with van der Waals surface area (Å²) in [5.41, 5.74) is 2.34. The highest BCUT2D eigenvalue weighted by Gasteiger charge is 2.17. The minimum absolute atomic E-state index is 0.202. The second-order valence-electron chi connectivity index (χ2n) is 7.14. The molecule has 1 aliphatic rings. The normalized spacial score (nSPS) is 15.2. The third-order valence-corrected chi connectivity index (χ3v) is 6.26. The molecule has 148 valence electrons. The van der Waals surface area contributed by atoms with Crippen LogP contribution in [0.2, 0.25) is 0 Å². The number of anilines is 1. The number of halogens is 1. The Kier molecular flexibility index (Phi) is 5.85. The fraction of sp³-hybridized carbons (Fsp3) is 0.429. The summed E-state index contributed by atoms with van der Waals surface area (Å²) in [6, 6.07) is 6.67. The molecule has 0 aliphatic carbocycles. The number of fused-ring (bicyclic) bond motifs is 1. The molecule has 3 aromatic rings. The number of nitrogens with one attached hydrogen (secondary N) is 1. The van der Waals surface area contributed by atoms with E-state index in [-0.39, 0.29) is 5.82 Å². The number of thiophene rings is 1. The number of aromatic nitrogens is 2. The molecule has 0 spiro atoms. The van der Waals surface area contributed by atoms with Crippen molar-refractivity contribution in [1.29, 1.82) is 0 Å². The second kappa shape index (κ2) is 8.51. The van der Waals surface area contributed by atoms with Crippen LogP contribution in [0.3, 0.4) is 0 Å². The minimum Gasteiger partial charge on any atom is -0.379 e. The van der Waals surface area contributed by atoms with Gasteiger partial charge in [0.15, 0.2) is 0 Å². The van der Waals surface area contributed by atoms with Gasteiger partial charge < -0.3 is 10.1 Å². The van der Waals surface area contributed by atoms with Crippen molar-refractivity contribution in [3.8, 4) is 0 Å². The fourth-order valence-corrected chi connectivity index (χ4v) is 4.48. The molecule has 0 amide bonds. The van der Waals surface area contributed by atoms with Crippen molar-refractivity contribution in [2.45, 2.75) is 26.8 Å². The average molecular weight is 401 g/mol. The first kappa shape index (κ1) is 19.2. The van der Waals surface area contributed by atoms with Crippen LogP contribution in [-0.2, 0) is 17.7 Å². The fourth-order valence-electron chi connectivity index (χ4n) is 3.43. The molecule has 0 atom stereocenters. The molecule has 0 bridgehead atoms. The highest BCUT2D eigenvalue weighted by atomic mass is 32.1. The predicted octanol–water partition coefficient (Wildman–Crippen LogP) is 3.93. The lowest BCUT2D eigenvalue weighted by molar-refractivity contribution is 0.0331. The Morgan fingerprint density at radius 3 is 2.64 bits per heavy atom. The lowest BCUT2D eigenvalue weighted by Crippen LogP contribution is -2.36. The van der Waals surface area contributed by atoms with E-state index < -0.39 is 0 Å². The standard InChI is InChI=1S/C21H25FN4OS/c1-14-15(2)28-21-19(14)20(23-8-7-16-3-5-17(22)6-4-16)24-18(25-21)13-26-9-11-27-12-10-26/h3-6H,7-13H2,1-2H3,(H,23,24,25). The van der Waals surface area contributed by atoms with Gasteiger partial charge in [-0.25, -0.2) is 14.4 Å². The molecule has 5 nitrogen and oxygen atoms in total. The molecule has 1 N–H and O–H groups in total. The second-order valence-corrected chi connectivity index (χ2v) is 8.35. The van der Waals surface area contributed by atoms with Gasteiger partial charge in [-0.15, -0.1) is 11.3 Å². The molecule has 7 heteroatoms. The Morgan fingerprint density at radius 2 is 1.89 bits per heavy atom. The third kappa shape index (κ3) is 4.32. The van der Waals surface area contributed by atoms with Crippen LogP contribution in [0.15, 0.2) is 24.3 Å². The molecular weight excluding hydrogens is 375 g/mol. The van der Waals surface area contributed by atoms with Crippen molar-refractivity contribution in [3.63, 3.8) is 0 Å². The van der Waals surface area contributed by atoms with E-state index in [4.69, 9.17) is 14.7 Å². The van der Waals surface area contributed by atoms with E-state index in [1.807, 2.05) is 12.1 Å². The van der Waals surface area contributed by atoms with Gasteiger partial charge >= 0.3 is 0 Å². The third-order valence-electron chi connectivity index (χ3n) is 5.16. The van der Waals surface area contributed by atoms with E-state index in [0.29, 0.717) is 0 Å². The predicted molar refractivity (Wildman–Crippen MR) is 112 cm³/mol. The number of nitrogens with zero attached hydrogens (tertiary/aromatic N) is 3. The number of hydrogen-bond acceptors (Lipinski definition) is 6. The summed E-state index contributed by atoms with van der Waals surface area (Å²) in [7, 11) is 0. The summed E-state index contributed by atoms with van der Waals surface area (Å²) in [6.45, 7) is 9.10. The van der Waals surface area contributed by atoms with Gasteiger partial charge in [0.05, 0.1) is 25.1 Å². The monoisotopic (exact) mass is 400 g/mol. The lowest BCUT2D eigenvalue weighted by Gasteiger charge is -2.25. The van der Waals surface area contributed by atoms with Gasteiger partial charge in [-0.05, 0) is 43.5 Å². The quantitative estimate of drug-likeness (QED) is 0.679. The number of aryl methyl sites for hydroxylation is 2. The van der Waals surface area contributed by atoms with Gasteiger partial charge in [-0.2, -0.15) is 0 Å². The first-order chi connectivity index (χ1) is 13.6. The number of benzene rings is 1. The zero-order chi connectivity index (χ0) is 19.5. The molecule has 1 fully saturated rings. The van der Waals surface area contributed by atoms with E-state index >= 15 is 0 Å². The summed E-state index contributed by atoms with van der Waals surface area (Å²) >= 11 is 1.72. The Morgan fingerprint density at radius 1 is 1.14 bits per heavy atom. The maximum Gasteiger partial charge on any atom is 0.146 e. The largest absolute Gasteiger partial charge is 0.379 e. The Balaban J connectivity index is 1.54. The van der Waals surface area contributed by atoms with Crippen LogP contribution in [0.4, 0.5) is 10.2 Å². The molecule has 0 saturated carbocycles. The van der Waals surface area contributed by atoms with Gasteiger partial charge in [0.25, 0.3) is 0 Å².